The van der Waals surface area contributed by atoms with Crippen LogP contribution in [-0.2, 0) is 11.8 Å². The molecule has 8 heteroatoms. The van der Waals surface area contributed by atoms with Crippen LogP contribution in [0.15, 0.2) is 41.7 Å². The van der Waals surface area contributed by atoms with E-state index in [4.69, 9.17) is 4.74 Å². The van der Waals surface area contributed by atoms with E-state index in [0.29, 0.717) is 16.8 Å². The third-order valence-electron chi connectivity index (χ3n) is 5.39. The summed E-state index contributed by atoms with van der Waals surface area (Å²) < 4.78 is 25.5. The maximum absolute atomic E-state index is 15.1. The number of carbonyl (C=O) groups is 1. The van der Waals surface area contributed by atoms with Crippen LogP contribution in [0.4, 0.5) is 26.4 Å². The van der Waals surface area contributed by atoms with Gasteiger partial charge in [0.1, 0.15) is 17.2 Å². The molecule has 1 aliphatic rings. The van der Waals surface area contributed by atoms with E-state index in [1.165, 1.54) is 28.6 Å². The van der Waals surface area contributed by atoms with Gasteiger partial charge in [-0.15, -0.1) is 6.58 Å². The molecule has 1 N–H and O–H groups in total. The number of anilines is 3. The van der Waals surface area contributed by atoms with E-state index in [-0.39, 0.29) is 21.8 Å². The summed E-state index contributed by atoms with van der Waals surface area (Å²) in [5, 5.41) is 0. The first kappa shape index (κ1) is 24.9. The quantitative estimate of drug-likeness (QED) is 0.373. The number of nitrogens with zero attached hydrogens (tertiary/aromatic N) is 2. The number of benzene rings is 1. The van der Waals surface area contributed by atoms with Gasteiger partial charge in [0.25, 0.3) is 5.56 Å². The van der Waals surface area contributed by atoms with Gasteiger partial charge < -0.3 is 9.46 Å². The lowest BCUT2D eigenvalue weighted by atomic mass is 10.2. The highest BCUT2D eigenvalue weighted by Gasteiger charge is 2.43. The Balaban J connectivity index is 2.17. The van der Waals surface area contributed by atoms with Gasteiger partial charge in [-0.2, -0.15) is 0 Å². The van der Waals surface area contributed by atoms with E-state index >= 15 is 4.39 Å². The normalized spacial score (nSPS) is 14.5. The number of aryl methyl sites for hydroxylation is 2. The second kappa shape index (κ2) is 9.25. The highest BCUT2D eigenvalue weighted by molar-refractivity contribution is 8.02. The molecule has 33 heavy (non-hydrogen) atoms. The summed E-state index contributed by atoms with van der Waals surface area (Å²) in [4.78, 5) is 27.4. The number of aromatic nitrogens is 1. The minimum absolute atomic E-state index is 0.00831. The minimum Gasteiger partial charge on any atom is -0.443 e. The molecule has 0 radical (unpaired) electrons. The number of ether oxygens (including phenoxy) is 1. The molecule has 0 saturated heterocycles. The van der Waals surface area contributed by atoms with Gasteiger partial charge in [0.05, 0.1) is 11.4 Å². The second-order valence-electron chi connectivity index (χ2n) is 9.58. The van der Waals surface area contributed by atoms with Crippen LogP contribution >= 0.6 is 11.9 Å². The average Bonchev–Trinajstić information content (AvgIpc) is 3.47. The smallest absolute Gasteiger partial charge is 0.420 e. The highest BCUT2D eigenvalue weighted by Crippen LogP contribution is 2.52. The van der Waals surface area contributed by atoms with Gasteiger partial charge in [0, 0.05) is 17.4 Å². The summed E-state index contributed by atoms with van der Waals surface area (Å²) in [6.07, 6.45) is 4.04. The number of halogens is 1. The van der Waals surface area contributed by atoms with E-state index in [9.17, 15) is 9.59 Å². The second-order valence-corrected chi connectivity index (χ2v) is 10.9. The minimum atomic E-state index is -0.815. The number of hydrogen-bond acceptors (Lipinski definition) is 5. The van der Waals surface area contributed by atoms with Crippen molar-refractivity contribution >= 4 is 35.2 Å². The number of hydrogen-bond donors (Lipinski definition) is 1. The van der Waals surface area contributed by atoms with E-state index in [0.717, 1.165) is 24.2 Å². The van der Waals surface area contributed by atoms with Gasteiger partial charge >= 0.3 is 6.09 Å². The Morgan fingerprint density at radius 3 is 2.55 bits per heavy atom. The van der Waals surface area contributed by atoms with Crippen LogP contribution in [0.5, 0.6) is 0 Å². The molecule has 1 aliphatic carbocycles. The molecule has 1 aromatic heterocycles. The molecule has 0 unspecified atom stereocenters. The fourth-order valence-corrected chi connectivity index (χ4v) is 4.53. The Morgan fingerprint density at radius 2 is 2.00 bits per heavy atom. The van der Waals surface area contributed by atoms with Crippen LogP contribution in [0.2, 0.25) is 0 Å². The first-order valence-corrected chi connectivity index (χ1v) is 11.7. The summed E-state index contributed by atoms with van der Waals surface area (Å²) in [6.45, 7) is 12.5. The van der Waals surface area contributed by atoms with Gasteiger partial charge in [-0.1, -0.05) is 12.1 Å². The molecule has 1 saturated carbocycles. The topological polar surface area (TPSA) is 63.6 Å². The molecule has 6 nitrogen and oxygen atoms in total. The molecule has 0 bridgehead atoms. The molecule has 1 heterocycles. The summed E-state index contributed by atoms with van der Waals surface area (Å²) in [5.41, 5.74) is 0.659. The van der Waals surface area contributed by atoms with Crippen LogP contribution in [0, 0.1) is 19.7 Å². The van der Waals surface area contributed by atoms with Gasteiger partial charge in [-0.25, -0.2) is 14.1 Å². The number of amides is 1. The van der Waals surface area contributed by atoms with Crippen molar-refractivity contribution in [2.75, 3.05) is 9.62 Å². The number of carbonyl (C=O) groups excluding carboxylic acids is 1. The molecule has 0 atom stereocenters. The third-order valence-corrected chi connectivity index (χ3v) is 6.72. The first-order valence-electron chi connectivity index (χ1n) is 10.9. The molecule has 1 fully saturated rings. The molecule has 1 amide bonds. The Morgan fingerprint density at radius 1 is 1.33 bits per heavy atom. The van der Waals surface area contributed by atoms with Gasteiger partial charge in [0.15, 0.2) is 0 Å². The van der Waals surface area contributed by atoms with Crippen molar-refractivity contribution in [3.05, 3.63) is 64.2 Å². The predicted octanol–water partition coefficient (Wildman–Crippen LogP) is 6.38. The van der Waals surface area contributed by atoms with Crippen molar-refractivity contribution in [2.45, 2.75) is 64.2 Å². The number of rotatable bonds is 7. The predicted molar refractivity (Wildman–Crippen MR) is 134 cm³/mol. The number of allylic oxidation sites excluding steroid dienone is 1. The van der Waals surface area contributed by atoms with Crippen LogP contribution in [0.25, 0.3) is 0 Å². The zero-order chi connectivity index (χ0) is 24.6. The fraction of sp³-hybridized carbons (Fsp3) is 0.440. The molecular weight excluding hydrogens is 441 g/mol. The first-order chi connectivity index (χ1) is 15.4. The van der Waals surface area contributed by atoms with Crippen molar-refractivity contribution in [3.63, 3.8) is 0 Å². The lowest BCUT2D eigenvalue weighted by Gasteiger charge is -2.30. The molecule has 0 aliphatic heterocycles. The molecule has 178 valence electrons. The maximum Gasteiger partial charge on any atom is 0.420 e. The summed E-state index contributed by atoms with van der Waals surface area (Å²) in [7, 11) is 1.57. The lowest BCUT2D eigenvalue weighted by Crippen LogP contribution is -2.38. The molecule has 2 aromatic rings. The SMILES string of the molecule is C=CCC1(SNc2cc(C)c(=O)n(C)c2N(C(=O)OC(C)(C)C)c2ccc(C)cc2F)CC1. The third kappa shape index (κ3) is 5.61. The Kier molecular flexibility index (Phi) is 6.98. The number of pyridine rings is 1. The lowest BCUT2D eigenvalue weighted by molar-refractivity contribution is 0.0596. The van der Waals surface area contributed by atoms with E-state index in [1.54, 1.807) is 53.8 Å². The van der Waals surface area contributed by atoms with Gasteiger partial charge in [0.2, 0.25) is 0 Å². The van der Waals surface area contributed by atoms with Crippen molar-refractivity contribution in [3.8, 4) is 0 Å². The molecule has 0 spiro atoms. The zero-order valence-corrected chi connectivity index (χ0v) is 20.9. The van der Waals surface area contributed by atoms with Crippen LogP contribution in [0.1, 0.15) is 51.2 Å². The summed E-state index contributed by atoms with van der Waals surface area (Å²) >= 11 is 1.54. The van der Waals surface area contributed by atoms with Crippen LogP contribution < -0.4 is 15.2 Å². The van der Waals surface area contributed by atoms with Gasteiger partial charge in [-0.05, 0) is 89.6 Å². The highest BCUT2D eigenvalue weighted by atomic mass is 32.2. The van der Waals surface area contributed by atoms with E-state index < -0.39 is 17.5 Å². The standard InChI is InChI=1S/C25H32FN3O3S/c1-8-11-25(12-13-25)33-27-19-15-17(3)22(30)28(7)21(19)29(23(31)32-24(4,5)6)20-10-9-16(2)14-18(20)26/h8-10,14-15,27H,1,11-13H2,2-7H3. The fourth-order valence-electron chi connectivity index (χ4n) is 3.54. The average molecular weight is 474 g/mol. The monoisotopic (exact) mass is 473 g/mol. The molecular formula is C25H32FN3O3S. The van der Waals surface area contributed by atoms with Crippen molar-refractivity contribution in [1.82, 2.24) is 4.57 Å². The van der Waals surface area contributed by atoms with Crippen LogP contribution in [-0.4, -0.2) is 21.0 Å². The Labute approximate surface area is 199 Å². The number of nitrogens with one attached hydrogen (secondary N) is 1. The van der Waals surface area contributed by atoms with Crippen molar-refractivity contribution < 1.29 is 13.9 Å². The largest absolute Gasteiger partial charge is 0.443 e. The van der Waals surface area contributed by atoms with Gasteiger partial charge in [-0.3, -0.25) is 9.36 Å². The molecule has 3 rings (SSSR count). The molecule has 1 aromatic carbocycles. The maximum atomic E-state index is 15.1. The zero-order valence-electron chi connectivity index (χ0n) is 20.1. The Hall–Kier alpha value is -2.74. The van der Waals surface area contributed by atoms with Crippen molar-refractivity contribution in [1.29, 1.82) is 0 Å². The van der Waals surface area contributed by atoms with E-state index in [2.05, 4.69) is 11.3 Å². The summed E-state index contributed by atoms with van der Waals surface area (Å²) in [6, 6.07) is 6.28. The van der Waals surface area contributed by atoms with E-state index in [1.807, 2.05) is 6.08 Å². The summed E-state index contributed by atoms with van der Waals surface area (Å²) in [5.74, 6) is -0.373. The Bertz CT molecular complexity index is 1130. The van der Waals surface area contributed by atoms with Crippen molar-refractivity contribution in [2.24, 2.45) is 7.05 Å². The van der Waals surface area contributed by atoms with Crippen LogP contribution in [0.3, 0.4) is 0 Å².